The zero-order chi connectivity index (χ0) is 9.97. The van der Waals surface area contributed by atoms with Crippen LogP contribution in [-0.2, 0) is 6.42 Å². The highest BCUT2D eigenvalue weighted by molar-refractivity contribution is 6.30. The molecule has 0 saturated carbocycles. The van der Waals surface area contributed by atoms with Gasteiger partial charge in [-0.2, -0.15) is 5.10 Å². The first-order chi connectivity index (χ1) is 6.74. The van der Waals surface area contributed by atoms with E-state index >= 15 is 0 Å². The molecule has 2 rings (SSSR count). The Kier molecular flexibility index (Phi) is 2.45. The smallest absolute Gasteiger partial charge is 0.134 e. The standard InChI is InChI=1S/C9H9ClN4/c1-6-2-8(14-13-6)3-9-11-4-7(10)5-12-9/h2,4-5H,3H2,1H3,(H,13,14). The van der Waals surface area contributed by atoms with Gasteiger partial charge in [-0.05, 0) is 13.0 Å². The Morgan fingerprint density at radius 3 is 2.64 bits per heavy atom. The molecule has 0 aliphatic carbocycles. The van der Waals surface area contributed by atoms with Gasteiger partial charge in [-0.15, -0.1) is 0 Å². The largest absolute Gasteiger partial charge is 0.283 e. The summed E-state index contributed by atoms with van der Waals surface area (Å²) in [5.41, 5.74) is 1.97. The van der Waals surface area contributed by atoms with Crippen molar-refractivity contribution in [3.63, 3.8) is 0 Å². The van der Waals surface area contributed by atoms with Crippen LogP contribution in [0.15, 0.2) is 18.5 Å². The monoisotopic (exact) mass is 208 g/mol. The summed E-state index contributed by atoms with van der Waals surface area (Å²) < 4.78 is 0. The molecule has 0 saturated heterocycles. The fourth-order valence-corrected chi connectivity index (χ4v) is 1.25. The van der Waals surface area contributed by atoms with Gasteiger partial charge < -0.3 is 0 Å². The summed E-state index contributed by atoms with van der Waals surface area (Å²) in [5.74, 6) is 0.723. The second-order valence-corrected chi connectivity index (χ2v) is 3.47. The molecule has 0 radical (unpaired) electrons. The average Bonchev–Trinajstić information content (AvgIpc) is 2.56. The summed E-state index contributed by atoms with van der Waals surface area (Å²) >= 11 is 5.67. The van der Waals surface area contributed by atoms with Crippen LogP contribution in [0.5, 0.6) is 0 Å². The molecule has 72 valence electrons. The van der Waals surface area contributed by atoms with E-state index in [1.54, 1.807) is 12.4 Å². The van der Waals surface area contributed by atoms with E-state index in [-0.39, 0.29) is 0 Å². The third-order valence-corrected chi connectivity index (χ3v) is 1.97. The van der Waals surface area contributed by atoms with Crippen LogP contribution in [-0.4, -0.2) is 20.2 Å². The zero-order valence-corrected chi connectivity index (χ0v) is 8.41. The Labute approximate surface area is 86.4 Å². The van der Waals surface area contributed by atoms with Crippen molar-refractivity contribution in [1.29, 1.82) is 0 Å². The average molecular weight is 209 g/mol. The molecule has 0 fully saturated rings. The number of hydrogen-bond donors (Lipinski definition) is 1. The highest BCUT2D eigenvalue weighted by Gasteiger charge is 2.02. The van der Waals surface area contributed by atoms with E-state index in [2.05, 4.69) is 20.2 Å². The number of hydrogen-bond acceptors (Lipinski definition) is 3. The van der Waals surface area contributed by atoms with Crippen molar-refractivity contribution in [1.82, 2.24) is 20.2 Å². The third-order valence-electron chi connectivity index (χ3n) is 1.77. The summed E-state index contributed by atoms with van der Waals surface area (Å²) in [6, 6.07) is 1.97. The van der Waals surface area contributed by atoms with Gasteiger partial charge in [0.25, 0.3) is 0 Å². The summed E-state index contributed by atoms with van der Waals surface area (Å²) in [7, 11) is 0. The van der Waals surface area contributed by atoms with E-state index in [1.165, 1.54) is 0 Å². The molecular formula is C9H9ClN4. The molecule has 0 aromatic carbocycles. The number of halogens is 1. The Morgan fingerprint density at radius 1 is 1.36 bits per heavy atom. The quantitative estimate of drug-likeness (QED) is 0.818. The van der Waals surface area contributed by atoms with Crippen molar-refractivity contribution in [3.05, 3.63) is 40.7 Å². The fraction of sp³-hybridized carbons (Fsp3) is 0.222. The summed E-state index contributed by atoms with van der Waals surface area (Å²) in [6.45, 7) is 1.96. The molecule has 14 heavy (non-hydrogen) atoms. The van der Waals surface area contributed by atoms with Crippen LogP contribution in [0.4, 0.5) is 0 Å². The van der Waals surface area contributed by atoms with E-state index in [9.17, 15) is 0 Å². The van der Waals surface area contributed by atoms with Crippen molar-refractivity contribution < 1.29 is 0 Å². The van der Waals surface area contributed by atoms with Crippen LogP contribution >= 0.6 is 11.6 Å². The number of H-pyrrole nitrogens is 1. The lowest BCUT2D eigenvalue weighted by molar-refractivity contribution is 0.912. The van der Waals surface area contributed by atoms with Crippen molar-refractivity contribution in [2.75, 3.05) is 0 Å². The fourth-order valence-electron chi connectivity index (χ4n) is 1.16. The minimum absolute atomic E-state index is 0.548. The normalized spacial score (nSPS) is 10.4. The maximum Gasteiger partial charge on any atom is 0.134 e. The van der Waals surface area contributed by atoms with Crippen LogP contribution in [0.2, 0.25) is 5.02 Å². The highest BCUT2D eigenvalue weighted by atomic mass is 35.5. The van der Waals surface area contributed by atoms with Gasteiger partial charge in [0.1, 0.15) is 5.82 Å². The number of nitrogens with zero attached hydrogens (tertiary/aromatic N) is 3. The van der Waals surface area contributed by atoms with Gasteiger partial charge in [0.2, 0.25) is 0 Å². The Morgan fingerprint density at radius 2 is 2.07 bits per heavy atom. The van der Waals surface area contributed by atoms with Gasteiger partial charge in [0.15, 0.2) is 0 Å². The van der Waals surface area contributed by atoms with Gasteiger partial charge in [-0.25, -0.2) is 9.97 Å². The number of aryl methyl sites for hydroxylation is 1. The first-order valence-corrected chi connectivity index (χ1v) is 4.59. The molecule has 0 aliphatic rings. The Hall–Kier alpha value is -1.42. The zero-order valence-electron chi connectivity index (χ0n) is 7.66. The minimum Gasteiger partial charge on any atom is -0.283 e. The molecule has 0 atom stereocenters. The maximum atomic E-state index is 5.67. The van der Waals surface area contributed by atoms with Crippen LogP contribution in [0.25, 0.3) is 0 Å². The molecule has 2 aromatic heterocycles. The van der Waals surface area contributed by atoms with Gasteiger partial charge in [-0.3, -0.25) is 5.10 Å². The van der Waals surface area contributed by atoms with Crippen LogP contribution in [0, 0.1) is 6.92 Å². The van der Waals surface area contributed by atoms with Crippen LogP contribution in [0.1, 0.15) is 17.2 Å². The molecule has 4 nitrogen and oxygen atoms in total. The molecule has 5 heteroatoms. The molecule has 1 N–H and O–H groups in total. The first kappa shape index (κ1) is 9.15. The molecule has 0 aliphatic heterocycles. The van der Waals surface area contributed by atoms with Gasteiger partial charge in [-0.1, -0.05) is 11.6 Å². The van der Waals surface area contributed by atoms with Crippen molar-refractivity contribution in [3.8, 4) is 0 Å². The van der Waals surface area contributed by atoms with Crippen molar-refractivity contribution in [2.45, 2.75) is 13.3 Å². The molecule has 2 heterocycles. The Balaban J connectivity index is 2.15. The van der Waals surface area contributed by atoms with Crippen molar-refractivity contribution in [2.24, 2.45) is 0 Å². The molecule has 0 bridgehead atoms. The molecule has 0 unspecified atom stereocenters. The Bertz CT molecular complexity index is 421. The van der Waals surface area contributed by atoms with Crippen LogP contribution < -0.4 is 0 Å². The predicted molar refractivity (Wildman–Crippen MR) is 53.2 cm³/mol. The van der Waals surface area contributed by atoms with Gasteiger partial charge in [0.05, 0.1) is 17.1 Å². The second-order valence-electron chi connectivity index (χ2n) is 3.04. The van der Waals surface area contributed by atoms with Crippen LogP contribution in [0.3, 0.4) is 0 Å². The molecular weight excluding hydrogens is 200 g/mol. The SMILES string of the molecule is Cc1cc(Cc2ncc(Cl)cn2)n[nH]1. The van der Waals surface area contributed by atoms with Crippen molar-refractivity contribution >= 4 is 11.6 Å². The number of rotatable bonds is 2. The summed E-state index contributed by atoms with van der Waals surface area (Å²) in [4.78, 5) is 8.17. The first-order valence-electron chi connectivity index (χ1n) is 4.21. The summed E-state index contributed by atoms with van der Waals surface area (Å²) in [6.07, 6.45) is 3.80. The van der Waals surface area contributed by atoms with E-state index in [4.69, 9.17) is 11.6 Å². The summed E-state index contributed by atoms with van der Waals surface area (Å²) in [5, 5.41) is 7.51. The lowest BCUT2D eigenvalue weighted by atomic mass is 10.3. The molecule has 0 amide bonds. The van der Waals surface area contributed by atoms with Gasteiger partial charge in [0, 0.05) is 18.1 Å². The van der Waals surface area contributed by atoms with E-state index in [0.717, 1.165) is 17.2 Å². The lowest BCUT2D eigenvalue weighted by Gasteiger charge is -1.95. The molecule has 0 spiro atoms. The predicted octanol–water partition coefficient (Wildman–Crippen LogP) is 1.75. The third kappa shape index (κ3) is 2.09. The van der Waals surface area contributed by atoms with E-state index < -0.39 is 0 Å². The van der Waals surface area contributed by atoms with Gasteiger partial charge >= 0.3 is 0 Å². The molecule has 2 aromatic rings. The number of nitrogens with one attached hydrogen (secondary N) is 1. The van der Waals surface area contributed by atoms with E-state index in [0.29, 0.717) is 11.4 Å². The minimum atomic E-state index is 0.548. The highest BCUT2D eigenvalue weighted by Crippen LogP contribution is 2.06. The van der Waals surface area contributed by atoms with E-state index in [1.807, 2.05) is 13.0 Å². The number of aromatic nitrogens is 4. The lowest BCUT2D eigenvalue weighted by Crippen LogP contribution is -1.95. The topological polar surface area (TPSA) is 54.5 Å². The maximum absolute atomic E-state index is 5.67. The number of aromatic amines is 1. The second kappa shape index (κ2) is 3.75.